The van der Waals surface area contributed by atoms with Gasteiger partial charge in [0.15, 0.2) is 6.61 Å². The first-order chi connectivity index (χ1) is 13.8. The molecule has 0 aliphatic heterocycles. The van der Waals surface area contributed by atoms with Gasteiger partial charge in [0.25, 0.3) is 11.8 Å². The predicted molar refractivity (Wildman–Crippen MR) is 114 cm³/mol. The molecule has 1 aromatic heterocycles. The lowest BCUT2D eigenvalue weighted by Crippen LogP contribution is -2.36. The average molecular weight is 417 g/mol. The van der Waals surface area contributed by atoms with Gasteiger partial charge in [-0.25, -0.2) is 0 Å². The first-order valence-corrected chi connectivity index (χ1v) is 10.5. The van der Waals surface area contributed by atoms with E-state index in [2.05, 4.69) is 36.6 Å². The maximum absolute atomic E-state index is 12.3. The normalized spacial score (nSPS) is 11.9. The van der Waals surface area contributed by atoms with Crippen molar-refractivity contribution in [3.8, 4) is 0 Å². The van der Waals surface area contributed by atoms with E-state index >= 15 is 0 Å². The highest BCUT2D eigenvalue weighted by molar-refractivity contribution is 7.12. The third-order valence-electron chi connectivity index (χ3n) is 4.45. The van der Waals surface area contributed by atoms with Gasteiger partial charge < -0.3 is 15.4 Å². The maximum Gasteiger partial charge on any atom is 0.325 e. The molecule has 0 fully saturated rings. The Kier molecular flexibility index (Phi) is 8.39. The summed E-state index contributed by atoms with van der Waals surface area (Å²) in [6.07, 6.45) is 0. The second kappa shape index (κ2) is 10.8. The third kappa shape index (κ3) is 7.02. The molecule has 29 heavy (non-hydrogen) atoms. The molecule has 7 heteroatoms. The van der Waals surface area contributed by atoms with Crippen molar-refractivity contribution in [1.82, 2.24) is 10.6 Å². The lowest BCUT2D eigenvalue weighted by Gasteiger charge is -2.23. The van der Waals surface area contributed by atoms with E-state index in [0.717, 1.165) is 5.56 Å². The largest absolute Gasteiger partial charge is 0.454 e. The fourth-order valence-corrected chi connectivity index (χ4v) is 3.42. The Bertz CT molecular complexity index is 814. The molecule has 1 aromatic carbocycles. The van der Waals surface area contributed by atoms with Gasteiger partial charge >= 0.3 is 5.97 Å². The molecular weight excluding hydrogens is 388 g/mol. The molecule has 0 saturated heterocycles. The zero-order valence-electron chi connectivity index (χ0n) is 17.2. The lowest BCUT2D eigenvalue weighted by molar-refractivity contribution is -0.147. The zero-order chi connectivity index (χ0) is 21.4. The molecule has 0 aliphatic rings. The van der Waals surface area contributed by atoms with E-state index in [1.54, 1.807) is 17.5 Å². The van der Waals surface area contributed by atoms with Crippen molar-refractivity contribution in [1.29, 1.82) is 0 Å². The number of amides is 2. The average Bonchev–Trinajstić information content (AvgIpc) is 3.23. The predicted octanol–water partition coefficient (Wildman–Crippen LogP) is 3.66. The van der Waals surface area contributed by atoms with Crippen LogP contribution in [-0.4, -0.2) is 30.9 Å². The number of esters is 1. The fraction of sp³-hybridized carbons (Fsp3) is 0.409. The topological polar surface area (TPSA) is 84.5 Å². The third-order valence-corrected chi connectivity index (χ3v) is 5.32. The molecule has 0 aliphatic carbocycles. The zero-order valence-corrected chi connectivity index (χ0v) is 18.0. The molecule has 0 spiro atoms. The van der Waals surface area contributed by atoms with E-state index < -0.39 is 5.97 Å². The van der Waals surface area contributed by atoms with Crippen LogP contribution in [0.3, 0.4) is 0 Å². The van der Waals surface area contributed by atoms with Crippen molar-refractivity contribution < 1.29 is 19.1 Å². The Labute approximate surface area is 175 Å². The minimum atomic E-state index is -0.660. The molecule has 2 aromatic rings. The van der Waals surface area contributed by atoms with E-state index in [4.69, 9.17) is 4.74 Å². The van der Waals surface area contributed by atoms with Gasteiger partial charge in [0.1, 0.15) is 6.54 Å². The van der Waals surface area contributed by atoms with Crippen LogP contribution in [0.25, 0.3) is 0 Å². The van der Waals surface area contributed by atoms with Gasteiger partial charge in [-0.05, 0) is 34.4 Å². The Morgan fingerprint density at radius 2 is 1.66 bits per heavy atom. The van der Waals surface area contributed by atoms with Gasteiger partial charge in [-0.3, -0.25) is 14.4 Å². The first kappa shape index (κ1) is 22.6. The highest BCUT2D eigenvalue weighted by Crippen LogP contribution is 2.24. The van der Waals surface area contributed by atoms with Gasteiger partial charge in [-0.15, -0.1) is 11.3 Å². The van der Waals surface area contributed by atoms with Gasteiger partial charge in [-0.1, -0.05) is 58.0 Å². The van der Waals surface area contributed by atoms with Gasteiger partial charge in [0, 0.05) is 0 Å². The summed E-state index contributed by atoms with van der Waals surface area (Å²) in [5, 5.41) is 7.17. The van der Waals surface area contributed by atoms with E-state index in [1.807, 2.05) is 26.0 Å². The number of ether oxygens (including phenoxy) is 1. The van der Waals surface area contributed by atoms with Crippen LogP contribution in [0, 0.1) is 5.92 Å². The van der Waals surface area contributed by atoms with E-state index in [0.29, 0.717) is 10.8 Å². The summed E-state index contributed by atoms with van der Waals surface area (Å²) < 4.78 is 4.98. The van der Waals surface area contributed by atoms with E-state index in [1.165, 1.54) is 16.9 Å². The molecule has 156 valence electrons. The van der Waals surface area contributed by atoms with E-state index in [-0.39, 0.29) is 36.9 Å². The molecular formula is C22H28N2O4S. The van der Waals surface area contributed by atoms with Crippen molar-refractivity contribution in [3.63, 3.8) is 0 Å². The Balaban J connectivity index is 1.82. The molecule has 0 saturated carbocycles. The number of nitrogens with one attached hydrogen (secondary N) is 2. The Morgan fingerprint density at radius 3 is 2.21 bits per heavy atom. The van der Waals surface area contributed by atoms with Crippen molar-refractivity contribution >= 4 is 29.1 Å². The summed E-state index contributed by atoms with van der Waals surface area (Å²) in [5.74, 6) is -0.770. The highest BCUT2D eigenvalue weighted by atomic mass is 32.1. The van der Waals surface area contributed by atoms with Crippen LogP contribution < -0.4 is 10.6 Å². The van der Waals surface area contributed by atoms with Crippen LogP contribution in [0.4, 0.5) is 0 Å². The number of carbonyl (C=O) groups excluding carboxylic acids is 3. The molecule has 0 bridgehead atoms. The summed E-state index contributed by atoms with van der Waals surface area (Å²) in [4.78, 5) is 36.4. The van der Waals surface area contributed by atoms with Crippen LogP contribution in [0.15, 0.2) is 41.8 Å². The molecule has 2 rings (SSSR count). The number of carbonyl (C=O) groups is 3. The molecule has 0 unspecified atom stereocenters. The lowest BCUT2D eigenvalue weighted by atomic mass is 9.93. The monoisotopic (exact) mass is 416 g/mol. The number of thiophene rings is 1. The van der Waals surface area contributed by atoms with Crippen LogP contribution in [-0.2, 0) is 14.3 Å². The summed E-state index contributed by atoms with van der Waals surface area (Å²) in [6, 6.07) is 11.4. The molecule has 0 radical (unpaired) electrons. The Morgan fingerprint density at radius 1 is 1.00 bits per heavy atom. The van der Waals surface area contributed by atoms with Gasteiger partial charge in [-0.2, -0.15) is 0 Å². The molecule has 1 atom stereocenters. The van der Waals surface area contributed by atoms with Crippen molar-refractivity contribution in [3.05, 3.63) is 57.8 Å². The standard InChI is InChI=1S/C22H28N2O4S/c1-14(2)16-7-9-17(10-8-16)21(15(3)4)24-19(25)13-28-20(26)12-23-22(27)18-6-5-11-29-18/h5-11,14-15,21H,12-13H2,1-4H3,(H,23,27)(H,24,25)/t21-/m0/s1. The van der Waals surface area contributed by atoms with Crippen LogP contribution in [0.5, 0.6) is 0 Å². The number of hydrogen-bond acceptors (Lipinski definition) is 5. The smallest absolute Gasteiger partial charge is 0.325 e. The number of benzene rings is 1. The quantitative estimate of drug-likeness (QED) is 0.611. The first-order valence-electron chi connectivity index (χ1n) is 9.64. The van der Waals surface area contributed by atoms with Crippen LogP contribution in [0.2, 0.25) is 0 Å². The van der Waals surface area contributed by atoms with Crippen LogP contribution in [0.1, 0.15) is 60.5 Å². The molecule has 2 N–H and O–H groups in total. The summed E-state index contributed by atoms with van der Waals surface area (Å²) in [7, 11) is 0. The second-order valence-corrected chi connectivity index (χ2v) is 8.38. The van der Waals surface area contributed by atoms with Gasteiger partial charge in [0.05, 0.1) is 10.9 Å². The fourth-order valence-electron chi connectivity index (χ4n) is 2.78. The SMILES string of the molecule is CC(C)c1ccc([C@@H](NC(=O)COC(=O)CNC(=O)c2cccs2)C(C)C)cc1. The highest BCUT2D eigenvalue weighted by Gasteiger charge is 2.19. The van der Waals surface area contributed by atoms with Gasteiger partial charge in [0.2, 0.25) is 0 Å². The molecule has 6 nitrogen and oxygen atoms in total. The molecule has 1 heterocycles. The minimum Gasteiger partial charge on any atom is -0.454 e. The summed E-state index contributed by atoms with van der Waals surface area (Å²) in [6.45, 7) is 7.64. The number of hydrogen-bond donors (Lipinski definition) is 2. The van der Waals surface area contributed by atoms with Crippen molar-refractivity contribution in [2.75, 3.05) is 13.2 Å². The number of rotatable bonds is 9. The second-order valence-electron chi connectivity index (χ2n) is 7.43. The Hall–Kier alpha value is -2.67. The van der Waals surface area contributed by atoms with Crippen molar-refractivity contribution in [2.45, 2.75) is 39.7 Å². The minimum absolute atomic E-state index is 0.171. The van der Waals surface area contributed by atoms with Crippen molar-refractivity contribution in [2.24, 2.45) is 5.92 Å². The molecule has 2 amide bonds. The maximum atomic E-state index is 12.3. The van der Waals surface area contributed by atoms with Crippen LogP contribution >= 0.6 is 11.3 Å². The summed E-state index contributed by atoms with van der Waals surface area (Å²) >= 11 is 1.28. The van der Waals surface area contributed by atoms with E-state index in [9.17, 15) is 14.4 Å². The summed E-state index contributed by atoms with van der Waals surface area (Å²) in [5.41, 5.74) is 2.24.